The zero-order valence-electron chi connectivity index (χ0n) is 60.8. The van der Waals surface area contributed by atoms with Gasteiger partial charge in [0.15, 0.2) is 28.5 Å². The van der Waals surface area contributed by atoms with Gasteiger partial charge in [-0.25, -0.2) is 33.1 Å². The number of alkyl halides is 3. The molecule has 3 aliphatic rings. The number of hydrogen-bond acceptors (Lipinski definition) is 22. The number of nitrogens with zero attached hydrogens (tertiary/aromatic N) is 15. The summed E-state index contributed by atoms with van der Waals surface area (Å²) in [5.41, 5.74) is 16.0. The zero-order valence-corrected chi connectivity index (χ0v) is 61.8. The molecule has 0 saturated carbocycles. The van der Waals surface area contributed by atoms with Crippen LogP contribution in [-0.2, 0) is 79.4 Å². The van der Waals surface area contributed by atoms with E-state index in [1.54, 1.807) is 77.2 Å². The predicted octanol–water partition coefficient (Wildman–Crippen LogP) is 8.33. The standard InChI is InChI=1S/C26H24F4N6O.C23H23N3O5.C22H21N3O3.C6H6N6O2.H2S/c1-34(25(37)20-8-7-16(27)15-21(20)26(28,29)30)17-10-13-36(14-11-17)24-19-6-4-3-5-18(19)23(32-33-24)22-9-12-31-35(22)2;1-4-23(30)16-8-18-20-12(9-26(18)21(28)15(16)11-31-22(23)29)7-13-14(10-25(2)3)19(27)6-5-17(13)24-20;23-20-6-2-1-5-19(20)12-21(26)18-9-7-16(8-10-18)14-25-22(27)28-15-17-4-3-11-24-13-17;1-11-6(14)12-2-8-3(4(7)13)5(12)9-10-11;/h3-9,12,15,17H,10-11,13-14H2,1-2H3;5-8,27,30H,4,9-11H2,1-3H3;1-11,13H,12,14-15,23H2,(H,25,27);2H,1H3,(H2,7,13);1H2/t;23-;;;/m.0.../s1. The number of nitrogens with two attached hydrogens (primary N) is 2. The van der Waals surface area contributed by atoms with Crippen molar-refractivity contribution in [3.63, 3.8) is 0 Å². The number of fused-ring (bicyclic) bond motifs is 7. The van der Waals surface area contributed by atoms with Gasteiger partial charge in [-0.2, -0.15) is 36.4 Å². The van der Waals surface area contributed by atoms with Gasteiger partial charge in [0.1, 0.15) is 36.8 Å². The maximum atomic E-state index is 13.5. The number of carbonyl (C=O) groups excluding carboxylic acids is 5. The van der Waals surface area contributed by atoms with E-state index in [1.165, 1.54) is 25.3 Å². The number of para-hydroxylation sites is 1. The van der Waals surface area contributed by atoms with E-state index >= 15 is 0 Å². The Balaban J connectivity index is 0.000000152. The van der Waals surface area contributed by atoms with E-state index < -0.39 is 58.3 Å². The van der Waals surface area contributed by atoms with Gasteiger partial charge in [-0.05, 0) is 105 Å². The molecule has 0 radical (unpaired) electrons. The highest BCUT2D eigenvalue weighted by Gasteiger charge is 2.46. The number of imidazole rings is 1. The first kappa shape index (κ1) is 79.2. The van der Waals surface area contributed by atoms with E-state index in [4.69, 9.17) is 25.9 Å². The highest BCUT2D eigenvalue weighted by atomic mass is 32.1. The minimum atomic E-state index is -4.83. The van der Waals surface area contributed by atoms with Gasteiger partial charge < -0.3 is 55.7 Å². The number of halogens is 4. The molecule has 10 heterocycles. The van der Waals surface area contributed by atoms with Crippen LogP contribution in [0, 0.1) is 5.82 Å². The van der Waals surface area contributed by atoms with E-state index in [9.17, 15) is 61.3 Å². The number of alkyl carbamates (subject to hydrolysis) is 1. The lowest BCUT2D eigenvalue weighted by Crippen LogP contribution is -2.46. The van der Waals surface area contributed by atoms with Crippen LogP contribution < -0.4 is 32.9 Å². The van der Waals surface area contributed by atoms with Gasteiger partial charge in [-0.1, -0.05) is 84.9 Å². The van der Waals surface area contributed by atoms with Crippen molar-refractivity contribution in [2.75, 3.05) is 44.9 Å². The Bertz CT molecular complexity index is 5660. The largest absolute Gasteiger partial charge is 0.508 e. The predicted molar refractivity (Wildman–Crippen MR) is 406 cm³/mol. The Kier molecular flexibility index (Phi) is 23.8. The third-order valence-corrected chi connectivity index (χ3v) is 19.1. The summed E-state index contributed by atoms with van der Waals surface area (Å²) in [7, 11) is 8.63. The molecule has 29 nitrogen and oxygen atoms in total. The van der Waals surface area contributed by atoms with Gasteiger partial charge in [-0.15, -0.1) is 15.3 Å². The summed E-state index contributed by atoms with van der Waals surface area (Å²) in [6.45, 7) is 3.97. The number of ether oxygens (including phenoxy) is 2. The lowest BCUT2D eigenvalue weighted by molar-refractivity contribution is -0.172. The number of pyridine rings is 3. The summed E-state index contributed by atoms with van der Waals surface area (Å²) in [4.78, 5) is 103. The number of nitrogens with one attached hydrogen (secondary N) is 1. The number of Topliss-reactive ketones (excluding diaryl/α,β-unsaturated/α-hetero) is 1. The summed E-state index contributed by atoms with van der Waals surface area (Å²) in [5.74, 6) is -2.38. The number of benzene rings is 5. The number of amides is 3. The van der Waals surface area contributed by atoms with Gasteiger partial charge in [0.25, 0.3) is 17.4 Å². The molecule has 0 bridgehead atoms. The highest BCUT2D eigenvalue weighted by molar-refractivity contribution is 7.59. The van der Waals surface area contributed by atoms with E-state index in [1.807, 2.05) is 98.8 Å². The molecule has 34 heteroatoms. The SMILES string of the molecule is CC[C@@]1(O)C(=O)OCc2c1cc1n(c2=O)Cc2cc3c(CN(C)C)c(O)ccc3nc2-1.CN(C(=O)c1ccc(F)cc1C(F)(F)F)C1CCN(c2nnc(-c3ccnn3C)c3ccccc23)CC1.Cn1nnc2c(C(N)=O)ncn2c1=O.Nc1ccccc1CC(=O)c1ccc(CNC(=O)OCc2cccnc2)cc1.S. The minimum Gasteiger partial charge on any atom is -0.508 e. The maximum Gasteiger partial charge on any atom is 0.417 e. The van der Waals surface area contributed by atoms with Crippen molar-refractivity contribution >= 4 is 82.0 Å². The molecule has 3 aliphatic heterocycles. The van der Waals surface area contributed by atoms with Gasteiger partial charge in [-0.3, -0.25) is 28.8 Å². The first-order valence-corrected chi connectivity index (χ1v) is 34.5. The summed E-state index contributed by atoms with van der Waals surface area (Å²) in [5, 5.41) is 47.1. The van der Waals surface area contributed by atoms with Crippen LogP contribution in [0.25, 0.3) is 50.1 Å². The number of hydrogen-bond donors (Lipinski definition) is 5. The number of phenolic OH excluding ortho intramolecular Hbond substituents is 1. The monoisotopic (exact) mass is 1540 g/mol. The van der Waals surface area contributed by atoms with Crippen LogP contribution in [-0.4, -0.2) is 149 Å². The summed E-state index contributed by atoms with van der Waals surface area (Å²) < 4.78 is 69.5. The maximum absolute atomic E-state index is 13.5. The topological polar surface area (TPSA) is 375 Å². The quantitative estimate of drug-likeness (QED) is 0.0278. The fraction of sp³-hybridized carbons (Fsp3) is 0.260. The number of phenols is 1. The molecule has 3 amide bonds. The summed E-state index contributed by atoms with van der Waals surface area (Å²) >= 11 is 0. The lowest BCUT2D eigenvalue weighted by Gasteiger charge is -2.37. The second-order valence-corrected chi connectivity index (χ2v) is 26.5. The molecule has 7 N–H and O–H groups in total. The molecule has 1 fully saturated rings. The van der Waals surface area contributed by atoms with E-state index in [-0.39, 0.29) is 74.0 Å². The van der Waals surface area contributed by atoms with Crippen LogP contribution in [0.2, 0.25) is 0 Å². The molecule has 574 valence electrons. The number of cyclic esters (lactones) is 1. The number of ketones is 1. The molecule has 0 unspecified atom stereocenters. The first-order valence-electron chi connectivity index (χ1n) is 34.5. The fourth-order valence-corrected chi connectivity index (χ4v) is 13.2. The third-order valence-electron chi connectivity index (χ3n) is 19.1. The Morgan fingerprint density at radius 3 is 2.22 bits per heavy atom. The Labute approximate surface area is 637 Å². The number of aryl methyl sites for hydroxylation is 2. The van der Waals surface area contributed by atoms with Crippen LogP contribution in [0.15, 0.2) is 168 Å². The van der Waals surface area contributed by atoms with Gasteiger partial charge >= 0.3 is 23.9 Å². The number of primary amides is 1. The molecule has 5 aromatic carbocycles. The zero-order chi connectivity index (χ0) is 78.5. The number of aromatic nitrogens is 12. The van der Waals surface area contributed by atoms with Crippen molar-refractivity contribution < 1.29 is 61.2 Å². The molecule has 0 aliphatic carbocycles. The smallest absolute Gasteiger partial charge is 0.417 e. The lowest BCUT2D eigenvalue weighted by atomic mass is 9.86. The molecule has 15 rings (SSSR count). The third kappa shape index (κ3) is 16.9. The number of piperidine rings is 1. The van der Waals surface area contributed by atoms with E-state index in [0.717, 1.165) is 76.6 Å². The van der Waals surface area contributed by atoms with Crippen LogP contribution >= 0.6 is 13.5 Å². The van der Waals surface area contributed by atoms with E-state index in [0.29, 0.717) is 96.7 Å². The molecular formula is C77H76F4N18O11S. The highest BCUT2D eigenvalue weighted by Crippen LogP contribution is 2.41. The molecule has 12 aromatic rings. The number of nitrogen functional groups attached to an aromatic ring is 1. The van der Waals surface area contributed by atoms with Crippen LogP contribution in [0.1, 0.15) is 102 Å². The Morgan fingerprint density at radius 2 is 1.54 bits per heavy atom. The van der Waals surface area contributed by atoms with Crippen LogP contribution in [0.5, 0.6) is 5.75 Å². The molecule has 0 spiro atoms. The van der Waals surface area contributed by atoms with Crippen molar-refractivity contribution in [2.45, 2.75) is 83.3 Å². The molecule has 1 saturated heterocycles. The first-order chi connectivity index (χ1) is 52.6. The molecule has 111 heavy (non-hydrogen) atoms. The second-order valence-electron chi connectivity index (χ2n) is 26.5. The second kappa shape index (κ2) is 33.4. The Hall–Kier alpha value is -12.8. The summed E-state index contributed by atoms with van der Waals surface area (Å²) in [6.07, 6.45) is 2.27. The Morgan fingerprint density at radius 1 is 0.811 bits per heavy atom. The van der Waals surface area contributed by atoms with Gasteiger partial charge in [0, 0.05) is 128 Å². The average Bonchev–Trinajstić information content (AvgIpc) is 1.12. The van der Waals surface area contributed by atoms with Crippen molar-refractivity contribution in [3.05, 3.63) is 246 Å². The van der Waals surface area contributed by atoms with Crippen molar-refractivity contribution in [1.82, 2.24) is 74.0 Å². The number of rotatable bonds is 15. The minimum absolute atomic E-state index is 0. The van der Waals surface area contributed by atoms with Gasteiger partial charge in [0.05, 0.1) is 45.8 Å². The average molecular weight is 1540 g/mol. The molecule has 7 aromatic heterocycles. The van der Waals surface area contributed by atoms with Gasteiger partial charge in [0.2, 0.25) is 0 Å². The van der Waals surface area contributed by atoms with E-state index in [2.05, 4.69) is 45.8 Å². The fourth-order valence-electron chi connectivity index (χ4n) is 13.2. The van der Waals surface area contributed by atoms with Crippen molar-refractivity contribution in [3.8, 4) is 28.5 Å². The number of esters is 1. The van der Waals surface area contributed by atoms with Crippen LogP contribution in [0.4, 0.5) is 33.9 Å². The number of aromatic hydroxyl groups is 1. The van der Waals surface area contributed by atoms with Crippen molar-refractivity contribution in [1.29, 1.82) is 0 Å². The molecular weight excluding hydrogens is 1460 g/mol. The normalized spacial score (nSPS) is 14.3. The van der Waals surface area contributed by atoms with Crippen LogP contribution in [0.3, 0.4) is 0 Å². The van der Waals surface area contributed by atoms with Crippen molar-refractivity contribution in [2.24, 2.45) is 19.8 Å². The molecule has 1 atom stereocenters. The number of aliphatic hydroxyl groups is 1. The number of carbonyl (C=O) groups is 5. The summed E-state index contributed by atoms with van der Waals surface area (Å²) in [6, 6.07) is 36.7. The number of anilines is 2.